The molecular weight excluding hydrogens is 651 g/mol. The zero-order valence-electron chi connectivity index (χ0n) is 29.1. The van der Waals surface area contributed by atoms with Crippen LogP contribution in [0, 0.1) is 0 Å². The third-order valence-corrected chi connectivity index (χ3v) is 10.1. The van der Waals surface area contributed by atoms with E-state index in [9.17, 15) is 0 Å². The number of allylic oxidation sites excluding steroid dienone is 2. The van der Waals surface area contributed by atoms with Crippen LogP contribution in [0.25, 0.3) is 89.6 Å². The fourth-order valence-corrected chi connectivity index (χ4v) is 7.58. The van der Waals surface area contributed by atoms with E-state index in [4.69, 9.17) is 23.8 Å². The van der Waals surface area contributed by atoms with E-state index in [-0.39, 0.29) is 0 Å². The Balaban J connectivity index is 1.06. The van der Waals surface area contributed by atoms with Crippen LogP contribution in [-0.4, -0.2) is 15.0 Å². The highest BCUT2D eigenvalue weighted by molar-refractivity contribution is 6.06. The second-order valence-corrected chi connectivity index (χ2v) is 13.4. The van der Waals surface area contributed by atoms with Crippen molar-refractivity contribution in [1.29, 1.82) is 0 Å². The summed E-state index contributed by atoms with van der Waals surface area (Å²) in [5, 5.41) is 3.28. The van der Waals surface area contributed by atoms with Crippen molar-refractivity contribution >= 4 is 44.6 Å². The number of aromatic nitrogens is 3. The summed E-state index contributed by atoms with van der Waals surface area (Å²) in [7, 11) is 0. The summed E-state index contributed by atoms with van der Waals surface area (Å²) in [4.78, 5) is 15.3. The average Bonchev–Trinajstić information content (AvgIpc) is 3.79. The van der Waals surface area contributed by atoms with Crippen molar-refractivity contribution < 1.29 is 8.83 Å². The van der Waals surface area contributed by atoms with E-state index in [0.29, 0.717) is 17.5 Å². The Morgan fingerprint density at radius 2 is 1.17 bits per heavy atom. The van der Waals surface area contributed by atoms with Crippen molar-refractivity contribution in [3.63, 3.8) is 0 Å². The molecule has 9 aromatic rings. The fraction of sp³-hybridized carbons (Fsp3) is 0.0625. The van der Waals surface area contributed by atoms with Crippen molar-refractivity contribution in [3.8, 4) is 45.0 Å². The number of para-hydroxylation sites is 1. The molecule has 3 aromatic heterocycles. The van der Waals surface area contributed by atoms with Gasteiger partial charge in [0.15, 0.2) is 17.5 Å². The van der Waals surface area contributed by atoms with Crippen LogP contribution < -0.4 is 0 Å². The van der Waals surface area contributed by atoms with Gasteiger partial charge in [-0.25, -0.2) is 15.0 Å². The van der Waals surface area contributed by atoms with E-state index in [2.05, 4.69) is 115 Å². The normalized spacial score (nSPS) is 12.9. The highest BCUT2D eigenvalue weighted by Gasteiger charge is 2.25. The van der Waals surface area contributed by atoms with Gasteiger partial charge in [-0.1, -0.05) is 127 Å². The zero-order valence-corrected chi connectivity index (χ0v) is 29.1. The zero-order chi connectivity index (χ0) is 35.3. The third kappa shape index (κ3) is 5.45. The molecule has 252 valence electrons. The number of hydrogen-bond donors (Lipinski definition) is 0. The van der Waals surface area contributed by atoms with Gasteiger partial charge < -0.3 is 8.83 Å². The lowest BCUT2D eigenvalue weighted by atomic mass is 9.92. The van der Waals surface area contributed by atoms with Gasteiger partial charge in [-0.2, -0.15) is 0 Å². The maximum absolute atomic E-state index is 6.62. The Bertz CT molecular complexity index is 2890. The molecule has 0 N–H and O–H groups in total. The predicted molar refractivity (Wildman–Crippen MR) is 215 cm³/mol. The minimum atomic E-state index is 0.632. The summed E-state index contributed by atoms with van der Waals surface area (Å²) >= 11 is 0. The van der Waals surface area contributed by atoms with Gasteiger partial charge in [0, 0.05) is 44.8 Å². The summed E-state index contributed by atoms with van der Waals surface area (Å²) in [6, 6.07) is 48.2. The molecule has 0 bridgehead atoms. The minimum Gasteiger partial charge on any atom is -0.460 e. The van der Waals surface area contributed by atoms with Crippen LogP contribution in [0.4, 0.5) is 0 Å². The topological polar surface area (TPSA) is 65.0 Å². The van der Waals surface area contributed by atoms with Crippen LogP contribution in [0.3, 0.4) is 0 Å². The van der Waals surface area contributed by atoms with Crippen molar-refractivity contribution in [2.75, 3.05) is 0 Å². The van der Waals surface area contributed by atoms with Crippen LogP contribution in [0.5, 0.6) is 0 Å². The van der Waals surface area contributed by atoms with E-state index < -0.39 is 0 Å². The highest BCUT2D eigenvalue weighted by atomic mass is 16.3. The number of benzene rings is 6. The predicted octanol–water partition coefficient (Wildman–Crippen LogP) is 12.6. The van der Waals surface area contributed by atoms with Crippen LogP contribution in [0.2, 0.25) is 0 Å². The van der Waals surface area contributed by atoms with Gasteiger partial charge in [-0.05, 0) is 71.5 Å². The van der Waals surface area contributed by atoms with Crippen molar-refractivity contribution in [1.82, 2.24) is 15.0 Å². The summed E-state index contributed by atoms with van der Waals surface area (Å²) < 4.78 is 12.7. The largest absolute Gasteiger partial charge is 0.460 e. The second kappa shape index (κ2) is 12.7. The molecular formula is C48H33N3O2. The lowest BCUT2D eigenvalue weighted by molar-refractivity contribution is 0.545. The maximum atomic E-state index is 6.62. The van der Waals surface area contributed by atoms with Gasteiger partial charge in [0.05, 0.1) is 0 Å². The summed E-state index contributed by atoms with van der Waals surface area (Å²) in [5.74, 6) is 2.87. The van der Waals surface area contributed by atoms with Crippen molar-refractivity contribution in [2.24, 2.45) is 0 Å². The van der Waals surface area contributed by atoms with Gasteiger partial charge in [-0.15, -0.1) is 0 Å². The molecule has 5 heteroatoms. The summed E-state index contributed by atoms with van der Waals surface area (Å²) in [5.41, 5.74) is 12.2. The summed E-state index contributed by atoms with van der Waals surface area (Å²) in [6.07, 6.45) is 8.11. The van der Waals surface area contributed by atoms with Crippen molar-refractivity contribution in [2.45, 2.75) is 19.8 Å². The molecule has 10 rings (SSSR count). The molecule has 0 aliphatic heterocycles. The number of fused-ring (bicyclic) bond motifs is 6. The minimum absolute atomic E-state index is 0.632. The second-order valence-electron chi connectivity index (χ2n) is 13.4. The average molecular weight is 684 g/mol. The molecule has 0 saturated heterocycles. The van der Waals surface area contributed by atoms with Crippen LogP contribution in [-0.2, 0) is 6.42 Å². The Morgan fingerprint density at radius 3 is 2.02 bits per heavy atom. The highest BCUT2D eigenvalue weighted by Crippen LogP contribution is 2.41. The van der Waals surface area contributed by atoms with E-state index in [1.165, 1.54) is 11.1 Å². The fourth-order valence-electron chi connectivity index (χ4n) is 7.58. The molecule has 1 aliphatic carbocycles. The SMILES string of the molecule is C/C=C\c1ccccc1-c1ccc(-c2nc(C3=CCCc4oc5cc(-c6ccc7oc8ccccc8c7c6)ccc5c43)nc(-c3ccccc3)n2)cc1. The monoisotopic (exact) mass is 683 g/mol. The molecule has 0 fully saturated rings. The Kier molecular flexibility index (Phi) is 7.43. The Morgan fingerprint density at radius 1 is 0.509 bits per heavy atom. The van der Waals surface area contributed by atoms with Gasteiger partial charge in [0.25, 0.3) is 0 Å². The van der Waals surface area contributed by atoms with E-state index in [1.54, 1.807) is 0 Å². The molecule has 0 spiro atoms. The van der Waals surface area contributed by atoms with Gasteiger partial charge in [0.1, 0.15) is 22.5 Å². The summed E-state index contributed by atoms with van der Waals surface area (Å²) in [6.45, 7) is 2.04. The Labute approximate surface area is 306 Å². The molecule has 0 radical (unpaired) electrons. The third-order valence-electron chi connectivity index (χ3n) is 10.1. The van der Waals surface area contributed by atoms with E-state index in [1.807, 2.05) is 49.4 Å². The number of furan rings is 2. The molecule has 0 saturated carbocycles. The quantitative estimate of drug-likeness (QED) is 0.175. The lowest BCUT2D eigenvalue weighted by Crippen LogP contribution is -2.06. The maximum Gasteiger partial charge on any atom is 0.164 e. The van der Waals surface area contributed by atoms with Crippen LogP contribution in [0.1, 0.15) is 36.1 Å². The molecule has 1 aliphatic rings. The molecule has 3 heterocycles. The lowest BCUT2D eigenvalue weighted by Gasteiger charge is -2.15. The first-order chi connectivity index (χ1) is 26.2. The smallest absolute Gasteiger partial charge is 0.164 e. The standard InChI is InChI=1S/C48H33N3O2/c1-2-11-30-12-6-7-15-36(30)31-20-22-33(23-21-31)47-49-46(32-13-4-3-5-14-32)50-48(51-47)39-17-10-19-43-45(39)38-26-24-35(29-44(38)53-43)34-25-27-42-40(28-34)37-16-8-9-18-41(37)52-42/h2-9,11-18,20-29H,10,19H2,1H3/b11-2-. The number of nitrogens with zero attached hydrogens (tertiary/aromatic N) is 3. The molecule has 0 unspecified atom stereocenters. The van der Waals surface area contributed by atoms with Gasteiger partial charge in [-0.3, -0.25) is 0 Å². The van der Waals surface area contributed by atoms with E-state index in [0.717, 1.165) is 90.5 Å². The number of aryl methyl sites for hydroxylation is 1. The first-order valence-electron chi connectivity index (χ1n) is 18.0. The molecule has 6 aromatic carbocycles. The van der Waals surface area contributed by atoms with Crippen LogP contribution >= 0.6 is 0 Å². The number of rotatable bonds is 6. The van der Waals surface area contributed by atoms with Gasteiger partial charge in [0.2, 0.25) is 0 Å². The van der Waals surface area contributed by atoms with E-state index >= 15 is 0 Å². The molecule has 53 heavy (non-hydrogen) atoms. The first kappa shape index (κ1) is 30.9. The van der Waals surface area contributed by atoms with Crippen LogP contribution in [0.15, 0.2) is 161 Å². The Hall–Kier alpha value is -6.85. The van der Waals surface area contributed by atoms with Gasteiger partial charge >= 0.3 is 0 Å². The van der Waals surface area contributed by atoms with Crippen molar-refractivity contribution in [3.05, 3.63) is 174 Å². The number of hydrogen-bond acceptors (Lipinski definition) is 5. The molecule has 0 amide bonds. The molecule has 5 nitrogen and oxygen atoms in total. The first-order valence-corrected chi connectivity index (χ1v) is 18.0. The molecule has 0 atom stereocenters.